The van der Waals surface area contributed by atoms with Gasteiger partial charge in [-0.25, -0.2) is 0 Å². The first-order chi connectivity index (χ1) is 7.27. The number of carbonyl (C=O) groups is 1. The van der Waals surface area contributed by atoms with Gasteiger partial charge in [-0.3, -0.25) is 4.79 Å². The van der Waals surface area contributed by atoms with E-state index >= 15 is 0 Å². The van der Waals surface area contributed by atoms with Gasteiger partial charge in [-0.1, -0.05) is 12.8 Å². The first kappa shape index (κ1) is 10.9. The molecule has 2 rings (SSSR count). The van der Waals surface area contributed by atoms with Gasteiger partial charge in [-0.15, -0.1) is 0 Å². The third-order valence-corrected chi connectivity index (χ3v) is 3.76. The number of hydrogen-bond donors (Lipinski definition) is 1. The Morgan fingerprint density at radius 3 is 2.67 bits per heavy atom. The number of rotatable bonds is 3. The van der Waals surface area contributed by atoms with Crippen molar-refractivity contribution in [3.05, 3.63) is 0 Å². The molecule has 3 nitrogen and oxygen atoms in total. The predicted molar refractivity (Wildman–Crippen MR) is 58.5 cm³/mol. The van der Waals surface area contributed by atoms with Gasteiger partial charge in [0.05, 0.1) is 12.5 Å². The summed E-state index contributed by atoms with van der Waals surface area (Å²) >= 11 is 0. The van der Waals surface area contributed by atoms with Crippen LogP contribution in [0.25, 0.3) is 0 Å². The highest BCUT2D eigenvalue weighted by atomic mass is 16.5. The van der Waals surface area contributed by atoms with Gasteiger partial charge in [-0.2, -0.15) is 0 Å². The van der Waals surface area contributed by atoms with Crippen molar-refractivity contribution in [2.45, 2.75) is 45.1 Å². The second kappa shape index (κ2) is 4.97. The average Bonchev–Trinajstić information content (AvgIpc) is 2.84. The van der Waals surface area contributed by atoms with E-state index in [9.17, 15) is 4.79 Å². The van der Waals surface area contributed by atoms with Gasteiger partial charge >= 0.3 is 5.97 Å². The Labute approximate surface area is 91.6 Å². The van der Waals surface area contributed by atoms with E-state index in [-0.39, 0.29) is 11.9 Å². The third-order valence-electron chi connectivity index (χ3n) is 3.76. The fourth-order valence-electron chi connectivity index (χ4n) is 2.66. The minimum Gasteiger partial charge on any atom is -0.465 e. The molecule has 1 N–H and O–H groups in total. The van der Waals surface area contributed by atoms with Crippen molar-refractivity contribution in [1.82, 2.24) is 5.32 Å². The molecule has 0 spiro atoms. The van der Waals surface area contributed by atoms with Gasteiger partial charge < -0.3 is 10.1 Å². The summed E-state index contributed by atoms with van der Waals surface area (Å²) in [5.74, 6) is 0.740. The predicted octanol–water partition coefficient (Wildman–Crippen LogP) is 1.72. The topological polar surface area (TPSA) is 38.3 Å². The maximum atomic E-state index is 11.8. The molecule has 0 aromatic heterocycles. The Balaban J connectivity index is 1.71. The summed E-state index contributed by atoms with van der Waals surface area (Å²) in [6.45, 7) is 3.67. The second-order valence-corrected chi connectivity index (χ2v) is 4.92. The Kier molecular flexibility index (Phi) is 3.62. The maximum absolute atomic E-state index is 11.8. The summed E-state index contributed by atoms with van der Waals surface area (Å²) in [5, 5.41) is 3.28. The minimum atomic E-state index is 0.0133. The van der Waals surface area contributed by atoms with Gasteiger partial charge in [0.2, 0.25) is 0 Å². The normalized spacial score (nSPS) is 32.1. The molecule has 2 fully saturated rings. The highest BCUT2D eigenvalue weighted by Gasteiger charge is 2.31. The van der Waals surface area contributed by atoms with Crippen molar-refractivity contribution in [3.63, 3.8) is 0 Å². The van der Waals surface area contributed by atoms with E-state index in [2.05, 4.69) is 12.2 Å². The van der Waals surface area contributed by atoms with Crippen LogP contribution in [0.3, 0.4) is 0 Å². The molecular weight excluding hydrogens is 190 g/mol. The van der Waals surface area contributed by atoms with Crippen molar-refractivity contribution in [1.29, 1.82) is 0 Å². The molecule has 3 heteroatoms. The van der Waals surface area contributed by atoms with Gasteiger partial charge in [0.15, 0.2) is 0 Å². The summed E-state index contributed by atoms with van der Waals surface area (Å²) in [7, 11) is 0. The standard InChI is InChI=1S/C12H21NO2/c1-9-11(6-7-13-9)12(14)15-8-10-4-2-3-5-10/h9-11,13H,2-8H2,1H3. The number of nitrogens with one attached hydrogen (secondary N) is 1. The van der Waals surface area contributed by atoms with E-state index in [1.165, 1.54) is 25.7 Å². The lowest BCUT2D eigenvalue weighted by Crippen LogP contribution is -2.30. The van der Waals surface area contributed by atoms with Crippen LogP contribution in [0.15, 0.2) is 0 Å². The minimum absolute atomic E-state index is 0.0133. The molecule has 1 saturated heterocycles. The molecule has 1 aliphatic heterocycles. The molecular formula is C12H21NO2. The molecule has 1 heterocycles. The molecule has 2 atom stereocenters. The zero-order valence-electron chi connectivity index (χ0n) is 9.50. The smallest absolute Gasteiger partial charge is 0.310 e. The Bertz CT molecular complexity index is 224. The van der Waals surface area contributed by atoms with Crippen LogP contribution in [0.5, 0.6) is 0 Å². The number of ether oxygens (including phenoxy) is 1. The van der Waals surface area contributed by atoms with Crippen molar-refractivity contribution >= 4 is 5.97 Å². The van der Waals surface area contributed by atoms with Crippen LogP contribution < -0.4 is 5.32 Å². The first-order valence-corrected chi connectivity index (χ1v) is 6.17. The van der Waals surface area contributed by atoms with E-state index < -0.39 is 0 Å². The number of esters is 1. The third kappa shape index (κ3) is 2.71. The van der Waals surface area contributed by atoms with Gasteiger partial charge in [0, 0.05) is 6.04 Å². The van der Waals surface area contributed by atoms with Crippen LogP contribution in [0.1, 0.15) is 39.0 Å². The van der Waals surface area contributed by atoms with Crippen LogP contribution >= 0.6 is 0 Å². The largest absolute Gasteiger partial charge is 0.465 e. The van der Waals surface area contributed by atoms with E-state index in [0.29, 0.717) is 18.6 Å². The molecule has 1 saturated carbocycles. The monoisotopic (exact) mass is 211 g/mol. The Morgan fingerprint density at radius 2 is 2.07 bits per heavy atom. The zero-order valence-corrected chi connectivity index (χ0v) is 9.50. The second-order valence-electron chi connectivity index (χ2n) is 4.92. The quantitative estimate of drug-likeness (QED) is 0.722. The van der Waals surface area contributed by atoms with E-state index in [4.69, 9.17) is 4.74 Å². The van der Waals surface area contributed by atoms with Crippen molar-refractivity contribution in [2.24, 2.45) is 11.8 Å². The molecule has 86 valence electrons. The molecule has 2 unspecified atom stereocenters. The van der Waals surface area contributed by atoms with E-state index in [1.54, 1.807) is 0 Å². The number of carbonyl (C=O) groups excluding carboxylic acids is 1. The summed E-state index contributed by atoms with van der Waals surface area (Å²) in [6, 6.07) is 0.293. The van der Waals surface area contributed by atoms with Crippen LogP contribution in [-0.4, -0.2) is 25.2 Å². The molecule has 1 aliphatic carbocycles. The Morgan fingerprint density at radius 1 is 1.33 bits per heavy atom. The molecule has 15 heavy (non-hydrogen) atoms. The van der Waals surface area contributed by atoms with Gasteiger partial charge in [-0.05, 0) is 38.6 Å². The van der Waals surface area contributed by atoms with Crippen LogP contribution in [0, 0.1) is 11.8 Å². The molecule has 0 radical (unpaired) electrons. The molecule has 0 aromatic carbocycles. The zero-order chi connectivity index (χ0) is 10.7. The summed E-state index contributed by atoms with van der Waals surface area (Å²) < 4.78 is 5.40. The lowest BCUT2D eigenvalue weighted by atomic mass is 10.0. The highest BCUT2D eigenvalue weighted by molar-refractivity contribution is 5.73. The maximum Gasteiger partial charge on any atom is 0.310 e. The molecule has 2 aliphatic rings. The van der Waals surface area contributed by atoms with Crippen molar-refractivity contribution in [2.75, 3.05) is 13.2 Å². The lowest BCUT2D eigenvalue weighted by Gasteiger charge is -2.16. The fourth-order valence-corrected chi connectivity index (χ4v) is 2.66. The first-order valence-electron chi connectivity index (χ1n) is 6.17. The highest BCUT2D eigenvalue weighted by Crippen LogP contribution is 2.25. The average molecular weight is 211 g/mol. The fraction of sp³-hybridized carbons (Fsp3) is 0.917. The molecule has 0 aromatic rings. The van der Waals surface area contributed by atoms with Crippen molar-refractivity contribution in [3.8, 4) is 0 Å². The van der Waals surface area contributed by atoms with Gasteiger partial charge in [0.1, 0.15) is 0 Å². The SMILES string of the molecule is CC1NCCC1C(=O)OCC1CCCC1. The van der Waals surface area contributed by atoms with Crippen LogP contribution in [-0.2, 0) is 9.53 Å². The lowest BCUT2D eigenvalue weighted by molar-refractivity contribution is -0.150. The summed E-state index contributed by atoms with van der Waals surface area (Å²) in [4.78, 5) is 11.8. The summed E-state index contributed by atoms with van der Waals surface area (Å²) in [6.07, 6.45) is 6.04. The van der Waals surface area contributed by atoms with Crippen molar-refractivity contribution < 1.29 is 9.53 Å². The van der Waals surface area contributed by atoms with Crippen LogP contribution in [0.2, 0.25) is 0 Å². The Hall–Kier alpha value is -0.570. The number of hydrogen-bond acceptors (Lipinski definition) is 3. The van der Waals surface area contributed by atoms with E-state index in [0.717, 1.165) is 13.0 Å². The molecule has 0 amide bonds. The van der Waals surface area contributed by atoms with Gasteiger partial charge in [0.25, 0.3) is 0 Å². The van der Waals surface area contributed by atoms with E-state index in [1.807, 2.05) is 0 Å². The van der Waals surface area contributed by atoms with Crippen LogP contribution in [0.4, 0.5) is 0 Å². The molecule has 0 bridgehead atoms. The summed E-state index contributed by atoms with van der Waals surface area (Å²) in [5.41, 5.74) is 0.